The Labute approximate surface area is 164 Å². The van der Waals surface area contributed by atoms with E-state index >= 15 is 0 Å². The first-order valence-corrected chi connectivity index (χ1v) is 9.69. The highest BCUT2D eigenvalue weighted by molar-refractivity contribution is 5.60. The molecule has 1 fully saturated rings. The number of benzene rings is 1. The second kappa shape index (κ2) is 7.04. The molecule has 2 aliphatic heterocycles. The molecule has 3 aromatic rings. The van der Waals surface area contributed by atoms with Gasteiger partial charge >= 0.3 is 0 Å². The predicted octanol–water partition coefficient (Wildman–Crippen LogP) is 3.13. The second-order valence-electron chi connectivity index (χ2n) is 7.66. The monoisotopic (exact) mass is 376 g/mol. The van der Waals surface area contributed by atoms with Crippen molar-refractivity contribution in [1.82, 2.24) is 19.4 Å². The molecule has 6 heteroatoms. The summed E-state index contributed by atoms with van der Waals surface area (Å²) in [5, 5.41) is 0. The highest BCUT2D eigenvalue weighted by Crippen LogP contribution is 2.35. The van der Waals surface area contributed by atoms with Gasteiger partial charge in [-0.15, -0.1) is 0 Å². The Morgan fingerprint density at radius 3 is 2.71 bits per heavy atom. The summed E-state index contributed by atoms with van der Waals surface area (Å²) in [6, 6.07) is 12.4. The van der Waals surface area contributed by atoms with Crippen molar-refractivity contribution in [2.45, 2.75) is 31.7 Å². The minimum absolute atomic E-state index is 0.137. The Kier molecular flexibility index (Phi) is 4.37. The lowest BCUT2D eigenvalue weighted by molar-refractivity contribution is -0.0821. The normalized spacial score (nSPS) is 21.8. The van der Waals surface area contributed by atoms with Gasteiger partial charge in [0, 0.05) is 37.6 Å². The molecule has 0 N–H and O–H groups in total. The molecule has 5 rings (SSSR count). The molecule has 0 amide bonds. The van der Waals surface area contributed by atoms with Crippen LogP contribution in [0.2, 0.25) is 0 Å². The Hall–Kier alpha value is -2.70. The molecule has 2 aromatic heterocycles. The van der Waals surface area contributed by atoms with Gasteiger partial charge in [0.05, 0.1) is 25.5 Å². The molecule has 0 radical (unpaired) electrons. The van der Waals surface area contributed by atoms with Crippen LogP contribution in [0.15, 0.2) is 55.0 Å². The zero-order valence-corrected chi connectivity index (χ0v) is 16.0. The van der Waals surface area contributed by atoms with Gasteiger partial charge in [-0.05, 0) is 48.4 Å². The lowest BCUT2D eigenvalue weighted by atomic mass is 10.0. The first kappa shape index (κ1) is 17.4. The molecule has 144 valence electrons. The molecule has 0 unspecified atom stereocenters. The van der Waals surface area contributed by atoms with Gasteiger partial charge in [-0.25, -0.2) is 4.98 Å². The van der Waals surface area contributed by atoms with Crippen LogP contribution in [-0.2, 0) is 24.4 Å². The summed E-state index contributed by atoms with van der Waals surface area (Å²) >= 11 is 0. The molecule has 1 atom stereocenters. The standard InChI is InChI=1S/C22H24N4O2/c1-27-19-4-2-18(3-5-19)20-12-24-21-14-28-22(16-26(20)21)8-11-25(15-22)13-17-6-9-23-10-7-17/h2-7,9-10,12H,8,11,13-16H2,1H3/t22-/m1/s1. The maximum absolute atomic E-state index is 6.35. The van der Waals surface area contributed by atoms with Crippen molar-refractivity contribution in [2.75, 3.05) is 20.2 Å². The van der Waals surface area contributed by atoms with Crippen LogP contribution < -0.4 is 4.74 Å². The van der Waals surface area contributed by atoms with Crippen molar-refractivity contribution in [2.24, 2.45) is 0 Å². The number of methoxy groups -OCH3 is 1. The average molecular weight is 376 g/mol. The van der Waals surface area contributed by atoms with Gasteiger partial charge < -0.3 is 14.0 Å². The van der Waals surface area contributed by atoms with Gasteiger partial charge in [0.25, 0.3) is 0 Å². The Bertz CT molecular complexity index is 954. The average Bonchev–Trinajstić information content (AvgIpc) is 3.33. The molecular formula is C22H24N4O2. The maximum Gasteiger partial charge on any atom is 0.135 e. The van der Waals surface area contributed by atoms with Crippen molar-refractivity contribution in [3.63, 3.8) is 0 Å². The van der Waals surface area contributed by atoms with E-state index in [0.29, 0.717) is 6.61 Å². The lowest BCUT2D eigenvalue weighted by Crippen LogP contribution is -2.44. The maximum atomic E-state index is 6.35. The molecule has 0 saturated carbocycles. The largest absolute Gasteiger partial charge is 0.497 e. The zero-order valence-electron chi connectivity index (χ0n) is 16.0. The molecule has 2 aliphatic rings. The molecule has 28 heavy (non-hydrogen) atoms. The van der Waals surface area contributed by atoms with Crippen molar-refractivity contribution in [3.05, 3.63) is 66.4 Å². The number of nitrogens with zero attached hydrogens (tertiary/aromatic N) is 4. The number of ether oxygens (including phenoxy) is 2. The zero-order chi connectivity index (χ0) is 19.0. The van der Waals surface area contributed by atoms with E-state index in [0.717, 1.165) is 55.4 Å². The summed E-state index contributed by atoms with van der Waals surface area (Å²) in [6.45, 7) is 4.34. The van der Waals surface area contributed by atoms with Crippen LogP contribution in [0.3, 0.4) is 0 Å². The van der Waals surface area contributed by atoms with Crippen molar-refractivity contribution < 1.29 is 9.47 Å². The molecular weight excluding hydrogens is 352 g/mol. The summed E-state index contributed by atoms with van der Waals surface area (Å²) in [4.78, 5) is 11.2. The fourth-order valence-corrected chi connectivity index (χ4v) is 4.31. The van der Waals surface area contributed by atoms with Crippen LogP contribution in [0, 0.1) is 0 Å². The predicted molar refractivity (Wildman–Crippen MR) is 106 cm³/mol. The van der Waals surface area contributed by atoms with Gasteiger partial charge in [0.2, 0.25) is 0 Å². The SMILES string of the molecule is COc1ccc(-c2cnc3n2C[C@]2(CCN(Cc4ccncc4)C2)OC3)cc1. The number of likely N-dealkylation sites (tertiary alicyclic amines) is 1. The van der Waals surface area contributed by atoms with Crippen LogP contribution >= 0.6 is 0 Å². The van der Waals surface area contributed by atoms with Crippen molar-refractivity contribution in [3.8, 4) is 17.0 Å². The molecule has 6 nitrogen and oxygen atoms in total. The smallest absolute Gasteiger partial charge is 0.135 e. The summed E-state index contributed by atoms with van der Waals surface area (Å²) in [5.41, 5.74) is 3.46. The number of rotatable bonds is 4. The molecule has 0 aliphatic carbocycles. The number of pyridine rings is 1. The third-order valence-electron chi connectivity index (χ3n) is 5.83. The van der Waals surface area contributed by atoms with Gasteiger partial charge in [0.15, 0.2) is 0 Å². The third-order valence-corrected chi connectivity index (χ3v) is 5.83. The van der Waals surface area contributed by atoms with E-state index in [2.05, 4.69) is 43.7 Å². The first-order valence-electron chi connectivity index (χ1n) is 9.69. The van der Waals surface area contributed by atoms with E-state index in [1.54, 1.807) is 7.11 Å². The molecule has 0 bridgehead atoms. The Morgan fingerprint density at radius 2 is 1.93 bits per heavy atom. The van der Waals surface area contributed by atoms with E-state index in [9.17, 15) is 0 Å². The minimum Gasteiger partial charge on any atom is -0.497 e. The van der Waals surface area contributed by atoms with Crippen LogP contribution in [0.5, 0.6) is 5.75 Å². The van der Waals surface area contributed by atoms with Crippen molar-refractivity contribution >= 4 is 0 Å². The van der Waals surface area contributed by atoms with E-state index in [1.807, 2.05) is 30.7 Å². The quantitative estimate of drug-likeness (QED) is 0.700. The fourth-order valence-electron chi connectivity index (χ4n) is 4.31. The van der Waals surface area contributed by atoms with E-state index in [4.69, 9.17) is 9.47 Å². The highest BCUT2D eigenvalue weighted by Gasteiger charge is 2.43. The molecule has 1 spiro atoms. The van der Waals surface area contributed by atoms with Crippen LogP contribution in [0.25, 0.3) is 11.3 Å². The summed E-state index contributed by atoms with van der Waals surface area (Å²) in [6.07, 6.45) is 6.72. The summed E-state index contributed by atoms with van der Waals surface area (Å²) in [7, 11) is 1.69. The van der Waals surface area contributed by atoms with E-state index in [-0.39, 0.29) is 5.60 Å². The lowest BCUT2D eigenvalue weighted by Gasteiger charge is -2.35. The topological polar surface area (TPSA) is 52.4 Å². The van der Waals surface area contributed by atoms with Crippen molar-refractivity contribution in [1.29, 1.82) is 0 Å². The van der Waals surface area contributed by atoms with Crippen LogP contribution in [0.1, 0.15) is 17.8 Å². The summed E-state index contributed by atoms with van der Waals surface area (Å²) < 4.78 is 14.0. The third kappa shape index (κ3) is 3.19. The van der Waals surface area contributed by atoms with Gasteiger partial charge in [-0.1, -0.05) is 0 Å². The number of hydrogen-bond acceptors (Lipinski definition) is 5. The number of imidazole rings is 1. The van der Waals surface area contributed by atoms with Crippen LogP contribution in [0.4, 0.5) is 0 Å². The number of hydrogen-bond donors (Lipinski definition) is 0. The molecule has 4 heterocycles. The van der Waals surface area contributed by atoms with Crippen LogP contribution in [-0.4, -0.2) is 45.2 Å². The summed E-state index contributed by atoms with van der Waals surface area (Å²) in [5.74, 6) is 1.87. The van der Waals surface area contributed by atoms with Gasteiger partial charge in [-0.2, -0.15) is 0 Å². The number of aromatic nitrogens is 3. The Balaban J connectivity index is 1.35. The highest BCUT2D eigenvalue weighted by atomic mass is 16.5. The van der Waals surface area contributed by atoms with E-state index < -0.39 is 0 Å². The first-order chi connectivity index (χ1) is 13.7. The Morgan fingerprint density at radius 1 is 1.11 bits per heavy atom. The molecule has 1 saturated heterocycles. The van der Waals surface area contributed by atoms with E-state index in [1.165, 1.54) is 5.56 Å². The van der Waals surface area contributed by atoms with Gasteiger partial charge in [0.1, 0.15) is 23.8 Å². The second-order valence-corrected chi connectivity index (χ2v) is 7.66. The number of fused-ring (bicyclic) bond motifs is 1. The fraction of sp³-hybridized carbons (Fsp3) is 0.364. The minimum atomic E-state index is -0.137. The molecule has 1 aromatic carbocycles. The van der Waals surface area contributed by atoms with Gasteiger partial charge in [-0.3, -0.25) is 9.88 Å².